The Morgan fingerprint density at radius 2 is 2.16 bits per heavy atom. The van der Waals surface area contributed by atoms with Crippen molar-refractivity contribution in [3.8, 4) is 0 Å². The molecule has 1 aliphatic heterocycles. The van der Waals surface area contributed by atoms with Crippen LogP contribution >= 0.6 is 0 Å². The van der Waals surface area contributed by atoms with Gasteiger partial charge in [0.2, 0.25) is 5.91 Å². The summed E-state index contributed by atoms with van der Waals surface area (Å²) in [6, 6.07) is 6.03. The zero-order chi connectivity index (χ0) is 18.0. The molecule has 1 amide bonds. The van der Waals surface area contributed by atoms with Gasteiger partial charge in [0.05, 0.1) is 12.1 Å². The van der Waals surface area contributed by atoms with E-state index < -0.39 is 0 Å². The van der Waals surface area contributed by atoms with Crippen LogP contribution in [0.15, 0.2) is 29.1 Å². The predicted octanol–water partition coefficient (Wildman–Crippen LogP) is 2.47. The van der Waals surface area contributed by atoms with Crippen LogP contribution in [-0.2, 0) is 11.2 Å². The van der Waals surface area contributed by atoms with Crippen molar-refractivity contribution in [1.82, 2.24) is 14.9 Å². The van der Waals surface area contributed by atoms with Crippen LogP contribution in [0.25, 0.3) is 0 Å². The van der Waals surface area contributed by atoms with Gasteiger partial charge in [0.25, 0.3) is 5.56 Å². The Balaban J connectivity index is 1.72. The number of H-pyrrole nitrogens is 1. The van der Waals surface area contributed by atoms with Crippen molar-refractivity contribution in [1.29, 1.82) is 0 Å². The van der Waals surface area contributed by atoms with Gasteiger partial charge in [-0.1, -0.05) is 6.07 Å². The maximum absolute atomic E-state index is 13.2. The SMILES string of the molecule is Cc1nc([C@@H]2CCCN(C(=O)Cc3ccc(F)cc3C)C2)cc(=O)[nH]1. The van der Waals surface area contributed by atoms with E-state index in [0.717, 1.165) is 29.7 Å². The maximum Gasteiger partial charge on any atom is 0.251 e. The molecular weight excluding hydrogens is 321 g/mol. The quantitative estimate of drug-likeness (QED) is 0.931. The zero-order valence-electron chi connectivity index (χ0n) is 14.5. The highest BCUT2D eigenvalue weighted by Crippen LogP contribution is 2.25. The molecule has 1 aliphatic rings. The van der Waals surface area contributed by atoms with Crippen LogP contribution in [0.3, 0.4) is 0 Å². The number of aryl methyl sites for hydroxylation is 2. The number of halogens is 1. The molecule has 0 radical (unpaired) electrons. The molecule has 0 aliphatic carbocycles. The number of nitrogens with one attached hydrogen (secondary N) is 1. The Kier molecular flexibility index (Phi) is 4.97. The number of aromatic nitrogens is 2. The fraction of sp³-hybridized carbons (Fsp3) is 0.421. The van der Waals surface area contributed by atoms with Gasteiger partial charge in [-0.05, 0) is 49.9 Å². The van der Waals surface area contributed by atoms with Crippen LogP contribution in [0.2, 0.25) is 0 Å². The molecule has 25 heavy (non-hydrogen) atoms. The predicted molar refractivity (Wildman–Crippen MR) is 93.0 cm³/mol. The first-order valence-electron chi connectivity index (χ1n) is 8.53. The average Bonchev–Trinajstić information content (AvgIpc) is 2.56. The first-order valence-corrected chi connectivity index (χ1v) is 8.53. The van der Waals surface area contributed by atoms with Crippen LogP contribution < -0.4 is 5.56 Å². The molecule has 0 bridgehead atoms. The molecule has 1 saturated heterocycles. The molecule has 0 spiro atoms. The van der Waals surface area contributed by atoms with E-state index in [1.165, 1.54) is 18.2 Å². The molecular formula is C19H22FN3O2. The van der Waals surface area contributed by atoms with Crippen molar-refractivity contribution in [2.75, 3.05) is 13.1 Å². The van der Waals surface area contributed by atoms with Crippen molar-refractivity contribution >= 4 is 5.91 Å². The van der Waals surface area contributed by atoms with Gasteiger partial charge >= 0.3 is 0 Å². The number of aromatic amines is 1. The molecule has 2 heterocycles. The largest absolute Gasteiger partial charge is 0.342 e. The first-order chi connectivity index (χ1) is 11.9. The Hall–Kier alpha value is -2.50. The van der Waals surface area contributed by atoms with Crippen LogP contribution in [-0.4, -0.2) is 33.9 Å². The third kappa shape index (κ3) is 4.13. The summed E-state index contributed by atoms with van der Waals surface area (Å²) in [7, 11) is 0. The Bertz CT molecular complexity index is 847. The average molecular weight is 343 g/mol. The lowest BCUT2D eigenvalue weighted by Crippen LogP contribution is -2.40. The number of likely N-dealkylation sites (tertiary alicyclic amines) is 1. The van der Waals surface area contributed by atoms with Gasteiger partial charge in [-0.25, -0.2) is 9.37 Å². The van der Waals surface area contributed by atoms with Crippen molar-refractivity contribution in [3.63, 3.8) is 0 Å². The molecule has 1 fully saturated rings. The van der Waals surface area contributed by atoms with Gasteiger partial charge < -0.3 is 9.88 Å². The Labute approximate surface area is 145 Å². The monoisotopic (exact) mass is 343 g/mol. The fourth-order valence-electron chi connectivity index (χ4n) is 3.39. The Morgan fingerprint density at radius 3 is 2.88 bits per heavy atom. The number of rotatable bonds is 3. The van der Waals surface area contributed by atoms with E-state index >= 15 is 0 Å². The van der Waals surface area contributed by atoms with Crippen LogP contribution in [0, 0.1) is 19.7 Å². The van der Waals surface area contributed by atoms with Gasteiger partial charge in [-0.15, -0.1) is 0 Å². The number of carbonyl (C=O) groups is 1. The molecule has 5 nitrogen and oxygen atoms in total. The van der Waals surface area contributed by atoms with Gasteiger partial charge in [0.1, 0.15) is 11.6 Å². The van der Waals surface area contributed by atoms with Crippen LogP contribution in [0.4, 0.5) is 4.39 Å². The van der Waals surface area contributed by atoms with Crippen molar-refractivity contribution < 1.29 is 9.18 Å². The Morgan fingerprint density at radius 1 is 1.36 bits per heavy atom. The summed E-state index contributed by atoms with van der Waals surface area (Å²) in [5, 5.41) is 0. The van der Waals surface area contributed by atoms with E-state index in [1.807, 2.05) is 11.8 Å². The summed E-state index contributed by atoms with van der Waals surface area (Å²) in [6.07, 6.45) is 2.06. The third-order valence-electron chi connectivity index (χ3n) is 4.72. The minimum absolute atomic E-state index is 0.0287. The standard InChI is InChI=1S/C19H22FN3O2/c1-12-8-16(20)6-5-14(12)9-19(25)23-7-3-4-15(11-23)17-10-18(24)22-13(2)21-17/h5-6,8,10,15H,3-4,7,9,11H2,1-2H3,(H,21,22,24)/t15-/m1/s1. The summed E-state index contributed by atoms with van der Waals surface area (Å²) < 4.78 is 13.2. The summed E-state index contributed by atoms with van der Waals surface area (Å²) in [4.78, 5) is 33.2. The van der Waals surface area contributed by atoms with Gasteiger partial charge in [0.15, 0.2) is 0 Å². The maximum atomic E-state index is 13.2. The molecule has 1 aromatic carbocycles. The van der Waals surface area contributed by atoms with Crippen LogP contribution in [0.5, 0.6) is 0 Å². The number of hydrogen-bond acceptors (Lipinski definition) is 3. The molecule has 6 heteroatoms. The summed E-state index contributed by atoms with van der Waals surface area (Å²) in [5.74, 6) is 0.407. The van der Waals surface area contributed by atoms with E-state index in [2.05, 4.69) is 9.97 Å². The number of benzene rings is 1. The number of hydrogen-bond donors (Lipinski definition) is 1. The topological polar surface area (TPSA) is 66.1 Å². The minimum atomic E-state index is -0.289. The number of nitrogens with zero attached hydrogens (tertiary/aromatic N) is 2. The molecule has 1 atom stereocenters. The first kappa shape index (κ1) is 17.3. The second-order valence-electron chi connectivity index (χ2n) is 6.68. The lowest BCUT2D eigenvalue weighted by Gasteiger charge is -2.32. The number of carbonyl (C=O) groups excluding carboxylic acids is 1. The highest BCUT2D eigenvalue weighted by Gasteiger charge is 2.26. The summed E-state index contributed by atoms with van der Waals surface area (Å²) >= 11 is 0. The fourth-order valence-corrected chi connectivity index (χ4v) is 3.39. The van der Waals surface area contributed by atoms with E-state index in [1.54, 1.807) is 13.0 Å². The van der Waals surface area contributed by atoms with Gasteiger partial charge in [0, 0.05) is 25.1 Å². The van der Waals surface area contributed by atoms with Crippen molar-refractivity contribution in [2.24, 2.45) is 0 Å². The molecule has 0 saturated carbocycles. The lowest BCUT2D eigenvalue weighted by atomic mass is 9.94. The molecule has 3 rings (SSSR count). The number of piperidine rings is 1. The molecule has 0 unspecified atom stereocenters. The van der Waals surface area contributed by atoms with Crippen LogP contribution in [0.1, 0.15) is 41.4 Å². The summed E-state index contributed by atoms with van der Waals surface area (Å²) in [6.45, 7) is 4.84. The highest BCUT2D eigenvalue weighted by atomic mass is 19.1. The number of amides is 1. The molecule has 1 aromatic heterocycles. The second kappa shape index (κ2) is 7.17. The summed E-state index contributed by atoms with van der Waals surface area (Å²) in [5.41, 5.74) is 2.22. The normalized spacial score (nSPS) is 17.6. The van der Waals surface area contributed by atoms with E-state index in [9.17, 15) is 14.0 Å². The lowest BCUT2D eigenvalue weighted by molar-refractivity contribution is -0.131. The molecule has 132 valence electrons. The van der Waals surface area contributed by atoms with E-state index in [-0.39, 0.29) is 29.6 Å². The second-order valence-corrected chi connectivity index (χ2v) is 6.68. The van der Waals surface area contributed by atoms with Gasteiger partial charge in [-0.3, -0.25) is 9.59 Å². The van der Waals surface area contributed by atoms with E-state index in [0.29, 0.717) is 18.9 Å². The van der Waals surface area contributed by atoms with Gasteiger partial charge in [-0.2, -0.15) is 0 Å². The molecule has 1 N–H and O–H groups in total. The smallest absolute Gasteiger partial charge is 0.251 e. The molecule has 2 aromatic rings. The van der Waals surface area contributed by atoms with Crippen molar-refractivity contribution in [2.45, 2.75) is 39.0 Å². The van der Waals surface area contributed by atoms with E-state index in [4.69, 9.17) is 0 Å². The minimum Gasteiger partial charge on any atom is -0.342 e. The van der Waals surface area contributed by atoms with Crippen molar-refractivity contribution in [3.05, 3.63) is 63.1 Å². The highest BCUT2D eigenvalue weighted by molar-refractivity contribution is 5.79. The zero-order valence-corrected chi connectivity index (χ0v) is 14.5. The third-order valence-corrected chi connectivity index (χ3v) is 4.72.